The summed E-state index contributed by atoms with van der Waals surface area (Å²) in [5, 5.41) is 9.45. The van der Waals surface area contributed by atoms with E-state index in [0.29, 0.717) is 38.2 Å². The molecule has 0 bridgehead atoms. The molecule has 0 spiro atoms. The normalized spacial score (nSPS) is 15.4. The number of rotatable bonds is 6. The van der Waals surface area contributed by atoms with Crippen LogP contribution in [0.4, 0.5) is 0 Å². The van der Waals surface area contributed by atoms with Gasteiger partial charge in [0.15, 0.2) is 5.82 Å². The molecular weight excluding hydrogens is 258 g/mol. The van der Waals surface area contributed by atoms with Crippen molar-refractivity contribution in [1.29, 1.82) is 0 Å². The Bertz CT molecular complexity index is 471. The van der Waals surface area contributed by atoms with Gasteiger partial charge in [0.25, 0.3) is 0 Å². The molecule has 0 aliphatic carbocycles. The predicted octanol–water partition coefficient (Wildman–Crippen LogP) is 0.522. The fraction of sp³-hybridized carbons (Fsp3) is 0.692. The number of carbonyl (C=O) groups is 2. The molecule has 2 amide bonds. The van der Waals surface area contributed by atoms with E-state index >= 15 is 0 Å². The standard InChI is InChI=1S/C13H21N5O2/c1-10-15-11(17-16-10)9-14-12(19)5-4-8-18-7-3-2-6-13(18)20/h2-9H2,1H3,(H,14,19)(H,15,16,17). The Morgan fingerprint density at radius 1 is 1.45 bits per heavy atom. The van der Waals surface area contributed by atoms with Crippen LogP contribution in [-0.4, -0.2) is 45.0 Å². The van der Waals surface area contributed by atoms with Crippen molar-refractivity contribution in [2.45, 2.75) is 45.6 Å². The average molecular weight is 279 g/mol. The van der Waals surface area contributed by atoms with Gasteiger partial charge in [-0.3, -0.25) is 14.7 Å². The third-order valence-electron chi connectivity index (χ3n) is 3.34. The van der Waals surface area contributed by atoms with Gasteiger partial charge in [0.2, 0.25) is 11.8 Å². The Morgan fingerprint density at radius 3 is 3.00 bits per heavy atom. The van der Waals surface area contributed by atoms with Crippen molar-refractivity contribution < 1.29 is 9.59 Å². The van der Waals surface area contributed by atoms with Gasteiger partial charge in [0.1, 0.15) is 5.82 Å². The summed E-state index contributed by atoms with van der Waals surface area (Å²) in [4.78, 5) is 29.2. The largest absolute Gasteiger partial charge is 0.349 e. The topological polar surface area (TPSA) is 91.0 Å². The zero-order valence-electron chi connectivity index (χ0n) is 11.8. The number of amides is 2. The van der Waals surface area contributed by atoms with E-state index in [4.69, 9.17) is 0 Å². The van der Waals surface area contributed by atoms with Crippen molar-refractivity contribution >= 4 is 11.8 Å². The number of aromatic amines is 1. The predicted molar refractivity (Wildman–Crippen MR) is 72.6 cm³/mol. The number of piperidine rings is 1. The lowest BCUT2D eigenvalue weighted by atomic mass is 10.1. The second-order valence-corrected chi connectivity index (χ2v) is 5.06. The van der Waals surface area contributed by atoms with Gasteiger partial charge in [-0.15, -0.1) is 0 Å². The van der Waals surface area contributed by atoms with E-state index in [1.54, 1.807) is 0 Å². The fourth-order valence-electron chi connectivity index (χ4n) is 2.26. The minimum absolute atomic E-state index is 0.0306. The third-order valence-corrected chi connectivity index (χ3v) is 3.34. The maximum absolute atomic E-state index is 11.7. The Kier molecular flexibility index (Phi) is 5.09. The van der Waals surface area contributed by atoms with E-state index in [1.165, 1.54) is 0 Å². The summed E-state index contributed by atoms with van der Waals surface area (Å²) in [5.41, 5.74) is 0. The highest BCUT2D eigenvalue weighted by Gasteiger charge is 2.17. The lowest BCUT2D eigenvalue weighted by molar-refractivity contribution is -0.133. The maximum Gasteiger partial charge on any atom is 0.222 e. The van der Waals surface area contributed by atoms with Gasteiger partial charge in [-0.25, -0.2) is 4.98 Å². The Balaban J connectivity index is 1.61. The van der Waals surface area contributed by atoms with Crippen LogP contribution in [0.5, 0.6) is 0 Å². The van der Waals surface area contributed by atoms with E-state index in [2.05, 4.69) is 20.5 Å². The van der Waals surface area contributed by atoms with Gasteiger partial charge in [0, 0.05) is 25.9 Å². The average Bonchev–Trinajstić information content (AvgIpc) is 2.84. The number of aryl methyl sites for hydroxylation is 1. The van der Waals surface area contributed by atoms with Gasteiger partial charge >= 0.3 is 0 Å². The molecule has 0 saturated carbocycles. The van der Waals surface area contributed by atoms with E-state index in [9.17, 15) is 9.59 Å². The number of hydrogen-bond acceptors (Lipinski definition) is 4. The smallest absolute Gasteiger partial charge is 0.222 e. The zero-order valence-corrected chi connectivity index (χ0v) is 11.8. The molecule has 7 nitrogen and oxygen atoms in total. The van der Waals surface area contributed by atoms with Crippen molar-refractivity contribution in [3.63, 3.8) is 0 Å². The molecule has 0 atom stereocenters. The summed E-state index contributed by atoms with van der Waals surface area (Å²) in [5.74, 6) is 1.50. The number of H-pyrrole nitrogens is 1. The maximum atomic E-state index is 11.7. The van der Waals surface area contributed by atoms with Crippen LogP contribution >= 0.6 is 0 Å². The van der Waals surface area contributed by atoms with Gasteiger partial charge in [0.05, 0.1) is 6.54 Å². The van der Waals surface area contributed by atoms with E-state index in [-0.39, 0.29) is 11.8 Å². The fourth-order valence-corrected chi connectivity index (χ4v) is 2.26. The van der Waals surface area contributed by atoms with Gasteiger partial charge in [-0.2, -0.15) is 5.10 Å². The van der Waals surface area contributed by atoms with Crippen LogP contribution < -0.4 is 5.32 Å². The van der Waals surface area contributed by atoms with Gasteiger partial charge in [-0.1, -0.05) is 0 Å². The van der Waals surface area contributed by atoms with Crippen molar-refractivity contribution in [3.8, 4) is 0 Å². The highest BCUT2D eigenvalue weighted by atomic mass is 16.2. The summed E-state index contributed by atoms with van der Waals surface area (Å²) in [7, 11) is 0. The molecular formula is C13H21N5O2. The molecule has 20 heavy (non-hydrogen) atoms. The second kappa shape index (κ2) is 7.02. The minimum atomic E-state index is -0.0306. The number of likely N-dealkylation sites (tertiary alicyclic amines) is 1. The molecule has 0 radical (unpaired) electrons. The molecule has 2 heterocycles. The monoisotopic (exact) mass is 279 g/mol. The first-order valence-corrected chi connectivity index (χ1v) is 7.07. The SMILES string of the molecule is Cc1nc(CNC(=O)CCCN2CCCCC2=O)n[nH]1. The number of carbonyl (C=O) groups excluding carboxylic acids is 2. The molecule has 1 saturated heterocycles. The summed E-state index contributed by atoms with van der Waals surface area (Å²) in [6.45, 7) is 3.66. The summed E-state index contributed by atoms with van der Waals surface area (Å²) < 4.78 is 0. The second-order valence-electron chi connectivity index (χ2n) is 5.06. The molecule has 2 rings (SSSR count). The van der Waals surface area contributed by atoms with Crippen molar-refractivity contribution in [3.05, 3.63) is 11.6 Å². The van der Waals surface area contributed by atoms with E-state index in [1.807, 2.05) is 11.8 Å². The van der Waals surface area contributed by atoms with Crippen LogP contribution in [-0.2, 0) is 16.1 Å². The number of aromatic nitrogens is 3. The lowest BCUT2D eigenvalue weighted by Gasteiger charge is -2.26. The van der Waals surface area contributed by atoms with Crippen LogP contribution in [0.15, 0.2) is 0 Å². The summed E-state index contributed by atoms with van der Waals surface area (Å²) in [6.07, 6.45) is 3.84. The molecule has 110 valence electrons. The highest BCUT2D eigenvalue weighted by Crippen LogP contribution is 2.11. The van der Waals surface area contributed by atoms with Gasteiger partial charge < -0.3 is 10.2 Å². The third kappa shape index (κ3) is 4.32. The van der Waals surface area contributed by atoms with E-state index < -0.39 is 0 Å². The van der Waals surface area contributed by atoms with Crippen molar-refractivity contribution in [2.75, 3.05) is 13.1 Å². The first-order chi connectivity index (χ1) is 9.65. The Labute approximate surface area is 118 Å². The van der Waals surface area contributed by atoms with Crippen LogP contribution in [0.3, 0.4) is 0 Å². The van der Waals surface area contributed by atoms with Crippen LogP contribution in [0.25, 0.3) is 0 Å². The van der Waals surface area contributed by atoms with Crippen molar-refractivity contribution in [2.24, 2.45) is 0 Å². The molecule has 0 aromatic carbocycles. The summed E-state index contributed by atoms with van der Waals surface area (Å²) in [6, 6.07) is 0. The van der Waals surface area contributed by atoms with Crippen molar-refractivity contribution in [1.82, 2.24) is 25.4 Å². The molecule has 1 aliphatic rings. The molecule has 0 unspecified atom stereocenters. The number of nitrogens with zero attached hydrogens (tertiary/aromatic N) is 3. The Hall–Kier alpha value is -1.92. The first-order valence-electron chi connectivity index (χ1n) is 7.07. The first kappa shape index (κ1) is 14.5. The van der Waals surface area contributed by atoms with Crippen LogP contribution in [0.2, 0.25) is 0 Å². The van der Waals surface area contributed by atoms with Gasteiger partial charge in [-0.05, 0) is 26.2 Å². The minimum Gasteiger partial charge on any atom is -0.349 e. The molecule has 7 heteroatoms. The molecule has 1 fully saturated rings. The number of hydrogen-bond donors (Lipinski definition) is 2. The lowest BCUT2D eigenvalue weighted by Crippen LogP contribution is -2.36. The Morgan fingerprint density at radius 2 is 2.30 bits per heavy atom. The van der Waals surface area contributed by atoms with E-state index in [0.717, 1.165) is 25.2 Å². The number of nitrogens with one attached hydrogen (secondary N) is 2. The van der Waals surface area contributed by atoms with Crippen LogP contribution in [0.1, 0.15) is 43.8 Å². The quantitative estimate of drug-likeness (QED) is 0.794. The molecule has 2 N–H and O–H groups in total. The van der Waals surface area contributed by atoms with Crippen LogP contribution in [0, 0.1) is 6.92 Å². The molecule has 1 aromatic rings. The molecule has 1 aliphatic heterocycles. The highest BCUT2D eigenvalue weighted by molar-refractivity contribution is 5.77. The molecule has 1 aromatic heterocycles. The summed E-state index contributed by atoms with van der Waals surface area (Å²) >= 11 is 0. The zero-order chi connectivity index (χ0) is 14.4.